The highest BCUT2D eigenvalue weighted by Gasteiger charge is 0.188. The van der Waals surface area contributed by atoms with Crippen LogP contribution in [0.15, 0.2) is 0 Å². The van der Waals surface area contributed by atoms with Crippen LogP contribution in [-0.4, -0.2) is 34.7 Å². The molecule has 0 aromatic carbocycles. The van der Waals surface area contributed by atoms with E-state index in [4.69, 9.17) is 0 Å². The fourth-order valence-corrected chi connectivity index (χ4v) is 0. The highest BCUT2D eigenvalue weighted by molar-refractivity contribution is 5.86. The van der Waals surface area contributed by atoms with Crippen molar-refractivity contribution in [1.29, 1.82) is 0 Å². The van der Waals surface area contributed by atoms with Gasteiger partial charge in [-0.25, -0.2) is 0 Å². The van der Waals surface area contributed by atoms with Crippen molar-refractivity contribution in [2.45, 2.75) is 0 Å². The van der Waals surface area contributed by atoms with Gasteiger partial charge in [0.15, 0.2) is 34.7 Å². The zero-order chi connectivity index (χ0) is 0. The summed E-state index contributed by atoms with van der Waals surface area (Å²) >= 11 is 0. The summed E-state index contributed by atoms with van der Waals surface area (Å²) in [4.78, 5) is 0. The predicted octanol–water partition coefficient (Wildman–Crippen LogP) is 0.585. The van der Waals surface area contributed by atoms with Crippen LogP contribution in [0.3, 0.4) is 0 Å². The van der Waals surface area contributed by atoms with Crippen LogP contribution >= 0.6 is 86.8 Å². The molecular weight excluding hydrogens is 302 g/mol. The Kier molecular flexibility index (Phi) is 2040. The van der Waals surface area contributed by atoms with Crippen molar-refractivity contribution >= 4 is 122 Å². The van der Waals surface area contributed by atoms with Gasteiger partial charge in [-0.2, -0.15) is 0 Å². The normalized spacial score (nSPS) is 0. The van der Waals surface area contributed by atoms with Gasteiger partial charge in [-0.05, 0) is 0 Å². The van der Waals surface area contributed by atoms with E-state index in [1.165, 1.54) is 0 Å². The molecule has 0 saturated heterocycles. The minimum atomic E-state index is 0. The molecule has 0 spiro atoms. The average molecular weight is 315 g/mol. The van der Waals surface area contributed by atoms with Gasteiger partial charge in [0, 0.05) is 0 Å². The van der Waals surface area contributed by atoms with Gasteiger partial charge < -0.3 is 0 Å². The van der Waals surface area contributed by atoms with E-state index >= 15 is 0 Å². The molecule has 0 amide bonds. The van der Waals surface area contributed by atoms with Crippen LogP contribution in [0, 0.1) is 0 Å². The fourth-order valence-electron chi connectivity index (χ4n) is 0. The van der Waals surface area contributed by atoms with E-state index in [0.717, 1.165) is 0 Å². The molecule has 0 N–H and O–H groups in total. The van der Waals surface area contributed by atoms with Crippen LogP contribution in [0.1, 0.15) is 0 Å². The van der Waals surface area contributed by atoms with Crippen LogP contribution in [0.25, 0.3) is 0 Å². The number of rotatable bonds is 0. The zero-order valence-corrected chi connectivity index (χ0v) is 8.57. The van der Waals surface area contributed by atoms with Crippen molar-refractivity contribution in [2.75, 3.05) is 0 Å². The molecule has 0 aromatic rings. The summed E-state index contributed by atoms with van der Waals surface area (Å²) < 4.78 is 0. The molecule has 0 rings (SSSR count). The summed E-state index contributed by atoms with van der Waals surface area (Å²) in [6.45, 7) is 0. The summed E-state index contributed by atoms with van der Waals surface area (Å²) in [6.07, 6.45) is 0. The van der Waals surface area contributed by atoms with Crippen molar-refractivity contribution in [1.82, 2.24) is 0 Å². The maximum Gasteiger partial charge on any atom is 0.187 e. The largest absolute Gasteiger partial charge is 0.187 e. The van der Waals surface area contributed by atoms with Crippen LogP contribution in [-0.2, 0) is 0 Å². The lowest BCUT2D eigenvalue weighted by Crippen LogP contribution is -0.382. The Morgan fingerprint density at radius 2 is 0.222 bits per heavy atom. The predicted molar refractivity (Wildman–Crippen MR) is 70.6 cm³/mol. The summed E-state index contributed by atoms with van der Waals surface area (Å²) in [5.41, 5.74) is 0. The molecule has 0 radical (unpaired) electrons. The number of halogens is 7. The van der Waals surface area contributed by atoms with Crippen molar-refractivity contribution < 1.29 is 0 Å². The van der Waals surface area contributed by atoms with Crippen LogP contribution in [0.4, 0.5) is 0 Å². The molecule has 0 nitrogen and oxygen atoms in total. The minimum Gasteiger partial charge on any atom is -0.147 e. The minimum absolute atomic E-state index is 0. The molecule has 0 atom stereocenters. The van der Waals surface area contributed by atoms with Gasteiger partial charge in [0.1, 0.15) is 0 Å². The fraction of sp³-hybridized carbons (Fsp3) is 0. The third-order valence-electron chi connectivity index (χ3n) is 0. The number of hydrogen-bond donors (Lipinski definition) is 0. The van der Waals surface area contributed by atoms with E-state index < -0.39 is 0 Å². The molecule has 9 heteroatoms. The molecule has 9 heavy (non-hydrogen) atoms. The Bertz CT molecular complexity index is 6.88. The molecule has 0 unspecified atom stereocenters. The molecule has 0 aliphatic rings. The molecule has 0 bridgehead atoms. The summed E-state index contributed by atoms with van der Waals surface area (Å²) in [5.74, 6) is 0. The monoisotopic (exact) mass is 312 g/mol. The van der Waals surface area contributed by atoms with Crippen LogP contribution in [0.5, 0.6) is 0 Å². The quantitative estimate of drug-likeness (QED) is 0.574. The topological polar surface area (TPSA) is 0 Å². The van der Waals surface area contributed by atoms with E-state index in [-0.39, 0.29) is 122 Å². The highest BCUT2D eigenvalue weighted by atomic mass is 35.5. The SMILES string of the molecule is Cl.Cl.Cl.Cl.Cl.Cl.Cl.[AlH3].[AlH3]. The van der Waals surface area contributed by atoms with E-state index in [0.29, 0.717) is 0 Å². The molecule has 0 heterocycles. The lowest BCUT2D eigenvalue weighted by Gasteiger charge is -0.148. The first-order valence-electron chi connectivity index (χ1n) is 0. The maximum atomic E-state index is 0. The molecule has 0 aliphatic carbocycles. The van der Waals surface area contributed by atoms with E-state index in [1.54, 1.807) is 0 Å². The molecule has 0 aromatic heterocycles. The number of hydrogen-bond acceptors (Lipinski definition) is 0. The molecule has 0 aliphatic heterocycles. The van der Waals surface area contributed by atoms with Crippen molar-refractivity contribution in [3.05, 3.63) is 0 Å². The summed E-state index contributed by atoms with van der Waals surface area (Å²) in [5, 5.41) is 0. The third-order valence-corrected chi connectivity index (χ3v) is 0. The van der Waals surface area contributed by atoms with Gasteiger partial charge in [-0.15, -0.1) is 86.8 Å². The van der Waals surface area contributed by atoms with E-state index in [9.17, 15) is 0 Å². The van der Waals surface area contributed by atoms with Gasteiger partial charge in [0.25, 0.3) is 0 Å². The highest BCUT2D eigenvalue weighted by Crippen LogP contribution is 0.696. The van der Waals surface area contributed by atoms with Gasteiger partial charge in [-0.3, -0.25) is 0 Å². The van der Waals surface area contributed by atoms with Gasteiger partial charge in [0.05, 0.1) is 0 Å². The second-order valence-corrected chi connectivity index (χ2v) is 0. The standard InChI is InChI=1S/2Al.7ClH.6H/h;;7*1H;;;;;;. The smallest absolute Gasteiger partial charge is 0.147 e. The lowest BCUT2D eigenvalue weighted by molar-refractivity contribution is 5.75. The Morgan fingerprint density at radius 3 is 0.222 bits per heavy atom. The Balaban J connectivity index is 0. The second kappa shape index (κ2) is 118. The first-order valence-corrected chi connectivity index (χ1v) is 0. The second-order valence-electron chi connectivity index (χ2n) is 0. The Hall–Kier alpha value is 3.09. The van der Waals surface area contributed by atoms with Crippen molar-refractivity contribution in [3.63, 3.8) is 0 Å². The lowest BCUT2D eigenvalue weighted by atomic mass is 27.0. The van der Waals surface area contributed by atoms with Crippen LogP contribution in [0.2, 0.25) is 0 Å². The summed E-state index contributed by atoms with van der Waals surface area (Å²) in [6, 6.07) is 0. The van der Waals surface area contributed by atoms with Crippen molar-refractivity contribution in [2.24, 2.45) is 0 Å². The van der Waals surface area contributed by atoms with Crippen LogP contribution < -0.4 is 0 Å². The van der Waals surface area contributed by atoms with Gasteiger partial charge >= 0.3 is 0 Å². The van der Waals surface area contributed by atoms with Gasteiger partial charge in [0.2, 0.25) is 0 Å². The Morgan fingerprint density at radius 1 is 0.222 bits per heavy atom. The maximum absolute atomic E-state index is 0. The zero-order valence-electron chi connectivity index (χ0n) is 2.86. The third kappa shape index (κ3) is 95.8. The van der Waals surface area contributed by atoms with E-state index in [2.05, 4.69) is 0 Å². The first-order chi connectivity index (χ1) is 0. The molecule has 0 saturated carbocycles. The van der Waals surface area contributed by atoms with Gasteiger partial charge in [-0.1, -0.05) is 0 Å². The molecule has 0 fully saturated rings. The molecular formula is H13Al2Cl7. The summed E-state index contributed by atoms with van der Waals surface area (Å²) in [7, 11) is 0. The molecule has 68 valence electrons. The first kappa shape index (κ1) is 155. The Labute approximate surface area is 120 Å². The average Bonchev–Trinajstić information content (AvgIpc) is 0. The van der Waals surface area contributed by atoms with Crippen molar-refractivity contribution in [3.8, 4) is 0 Å². The van der Waals surface area contributed by atoms with E-state index in [1.807, 2.05) is 0 Å².